The minimum absolute atomic E-state index is 0.232. The molecule has 0 radical (unpaired) electrons. The minimum atomic E-state index is -0.330. The second-order valence-corrected chi connectivity index (χ2v) is 7.32. The van der Waals surface area contributed by atoms with Gasteiger partial charge in [0.05, 0.1) is 22.9 Å². The van der Waals surface area contributed by atoms with Crippen molar-refractivity contribution in [2.45, 2.75) is 32.7 Å². The van der Waals surface area contributed by atoms with E-state index in [0.717, 1.165) is 54.0 Å². The summed E-state index contributed by atoms with van der Waals surface area (Å²) in [6.45, 7) is 5.85. The van der Waals surface area contributed by atoms with Gasteiger partial charge >= 0.3 is 0 Å². The van der Waals surface area contributed by atoms with E-state index in [1.165, 1.54) is 0 Å². The van der Waals surface area contributed by atoms with E-state index in [1.54, 1.807) is 10.9 Å². The molecule has 3 aromatic heterocycles. The van der Waals surface area contributed by atoms with E-state index in [-0.39, 0.29) is 11.9 Å². The molecular formula is C20H21FN6. The Morgan fingerprint density at radius 2 is 1.85 bits per heavy atom. The Labute approximate surface area is 156 Å². The van der Waals surface area contributed by atoms with Gasteiger partial charge in [0.25, 0.3) is 0 Å². The highest BCUT2D eigenvalue weighted by Crippen LogP contribution is 2.29. The first kappa shape index (κ1) is 16.4. The number of halogens is 1. The van der Waals surface area contributed by atoms with E-state index in [2.05, 4.69) is 20.5 Å². The molecule has 0 amide bonds. The molecule has 1 fully saturated rings. The molecule has 0 spiro atoms. The average molecular weight is 364 g/mol. The summed E-state index contributed by atoms with van der Waals surface area (Å²) in [5, 5.41) is 12.3. The Kier molecular flexibility index (Phi) is 3.72. The third-order valence-corrected chi connectivity index (χ3v) is 5.31. The number of hydrogen-bond acceptors (Lipinski definition) is 4. The number of hydrogen-bond donors (Lipinski definition) is 1. The van der Waals surface area contributed by atoms with Crippen LogP contribution in [0.4, 0.5) is 4.39 Å². The molecule has 1 aliphatic heterocycles. The zero-order valence-corrected chi connectivity index (χ0v) is 15.4. The maximum absolute atomic E-state index is 14.8. The van der Waals surface area contributed by atoms with Gasteiger partial charge in [-0.1, -0.05) is 0 Å². The lowest BCUT2D eigenvalue weighted by Gasteiger charge is -2.21. The van der Waals surface area contributed by atoms with Gasteiger partial charge in [-0.25, -0.2) is 4.39 Å². The molecule has 138 valence electrons. The number of benzene rings is 1. The molecule has 0 saturated carbocycles. The molecule has 27 heavy (non-hydrogen) atoms. The number of piperidine rings is 1. The zero-order chi connectivity index (χ0) is 18.5. The fraction of sp³-hybridized carbons (Fsp3) is 0.350. The van der Waals surface area contributed by atoms with Gasteiger partial charge in [-0.3, -0.25) is 4.98 Å². The van der Waals surface area contributed by atoms with Crippen LogP contribution in [0.2, 0.25) is 0 Å². The first-order valence-electron chi connectivity index (χ1n) is 9.31. The third kappa shape index (κ3) is 2.78. The highest BCUT2D eigenvalue weighted by Gasteiger charge is 2.19. The molecule has 4 heterocycles. The van der Waals surface area contributed by atoms with Gasteiger partial charge in [0.15, 0.2) is 5.82 Å². The summed E-state index contributed by atoms with van der Waals surface area (Å²) >= 11 is 0. The summed E-state index contributed by atoms with van der Waals surface area (Å²) in [6.07, 6.45) is 5.92. The van der Waals surface area contributed by atoms with E-state index < -0.39 is 0 Å². The van der Waals surface area contributed by atoms with Crippen LogP contribution in [-0.4, -0.2) is 37.5 Å². The quantitative estimate of drug-likeness (QED) is 0.592. The molecular weight excluding hydrogens is 343 g/mol. The van der Waals surface area contributed by atoms with Crippen molar-refractivity contribution in [1.82, 2.24) is 29.7 Å². The molecule has 0 atom stereocenters. The summed E-state index contributed by atoms with van der Waals surface area (Å²) in [7, 11) is 0. The molecule has 0 unspecified atom stereocenters. The first-order valence-corrected chi connectivity index (χ1v) is 9.31. The molecule has 1 saturated heterocycles. The second kappa shape index (κ2) is 6.13. The number of rotatable bonds is 2. The Morgan fingerprint density at radius 1 is 1.04 bits per heavy atom. The molecule has 1 N–H and O–H groups in total. The Hall–Kier alpha value is -2.80. The van der Waals surface area contributed by atoms with Crippen LogP contribution in [0.25, 0.3) is 27.7 Å². The first-order chi connectivity index (χ1) is 13.1. The van der Waals surface area contributed by atoms with Gasteiger partial charge in [0, 0.05) is 18.0 Å². The Morgan fingerprint density at radius 3 is 2.67 bits per heavy atom. The van der Waals surface area contributed by atoms with E-state index in [9.17, 15) is 4.39 Å². The van der Waals surface area contributed by atoms with Crippen LogP contribution in [0, 0.1) is 19.7 Å². The van der Waals surface area contributed by atoms with Crippen LogP contribution in [-0.2, 0) is 0 Å². The number of fused-ring (bicyclic) bond motifs is 2. The fourth-order valence-corrected chi connectivity index (χ4v) is 3.95. The Bertz CT molecular complexity index is 1150. The number of aryl methyl sites for hydroxylation is 2. The summed E-state index contributed by atoms with van der Waals surface area (Å²) in [6, 6.07) is 5.75. The van der Waals surface area contributed by atoms with E-state index >= 15 is 0 Å². The monoisotopic (exact) mass is 364 g/mol. The van der Waals surface area contributed by atoms with Crippen LogP contribution in [0.15, 0.2) is 30.6 Å². The smallest absolute Gasteiger partial charge is 0.153 e. The molecule has 0 aliphatic carbocycles. The maximum atomic E-state index is 14.8. The summed E-state index contributed by atoms with van der Waals surface area (Å²) in [5.74, 6) is -0.330. The van der Waals surface area contributed by atoms with Crippen molar-refractivity contribution in [3.8, 4) is 11.1 Å². The highest BCUT2D eigenvalue weighted by atomic mass is 19.1. The summed E-state index contributed by atoms with van der Waals surface area (Å²) in [5.41, 5.74) is 5.63. The van der Waals surface area contributed by atoms with Crippen molar-refractivity contribution < 1.29 is 4.39 Å². The normalized spacial score (nSPS) is 15.8. The largest absolute Gasteiger partial charge is 0.320 e. The molecule has 7 heteroatoms. The lowest BCUT2D eigenvalue weighted by atomic mass is 10.1. The van der Waals surface area contributed by atoms with Crippen LogP contribution in [0.5, 0.6) is 0 Å². The highest BCUT2D eigenvalue weighted by molar-refractivity contribution is 5.83. The third-order valence-electron chi connectivity index (χ3n) is 5.31. The second-order valence-electron chi connectivity index (χ2n) is 7.32. The van der Waals surface area contributed by atoms with Crippen LogP contribution < -0.4 is 5.32 Å². The standard InChI is InChI=1S/C20H21FN6/c1-12-10-26-11-15(9-19(26)13(2)23-12)14-7-17(21)20-18(8-14)24-27(25-20)16-3-5-22-6-4-16/h7-11,16,22H,3-6H2,1-2H3. The summed E-state index contributed by atoms with van der Waals surface area (Å²) < 4.78 is 16.8. The topological polar surface area (TPSA) is 60.0 Å². The Balaban J connectivity index is 1.60. The summed E-state index contributed by atoms with van der Waals surface area (Å²) in [4.78, 5) is 6.21. The van der Waals surface area contributed by atoms with Gasteiger partial charge in [-0.05, 0) is 63.5 Å². The number of aromatic nitrogens is 5. The van der Waals surface area contributed by atoms with Gasteiger partial charge < -0.3 is 9.72 Å². The predicted molar refractivity (Wildman–Crippen MR) is 102 cm³/mol. The van der Waals surface area contributed by atoms with E-state index in [0.29, 0.717) is 11.0 Å². The zero-order valence-electron chi connectivity index (χ0n) is 15.4. The number of nitrogens with one attached hydrogen (secondary N) is 1. The molecule has 5 rings (SSSR count). The SMILES string of the molecule is Cc1cn2cc(-c3cc(F)c4nn(C5CCNCC5)nc4c3)cc2c(C)n1. The number of nitrogens with zero attached hydrogens (tertiary/aromatic N) is 5. The van der Waals surface area contributed by atoms with Gasteiger partial charge in [0.2, 0.25) is 0 Å². The van der Waals surface area contributed by atoms with Crippen LogP contribution in [0.1, 0.15) is 30.3 Å². The lowest BCUT2D eigenvalue weighted by molar-refractivity contribution is 0.316. The molecule has 1 aromatic carbocycles. The van der Waals surface area contributed by atoms with Crippen LogP contribution in [0.3, 0.4) is 0 Å². The maximum Gasteiger partial charge on any atom is 0.153 e. The van der Waals surface area contributed by atoms with Crippen molar-refractivity contribution in [2.75, 3.05) is 13.1 Å². The molecule has 0 bridgehead atoms. The molecule has 4 aromatic rings. The lowest BCUT2D eigenvalue weighted by Crippen LogP contribution is -2.30. The van der Waals surface area contributed by atoms with Gasteiger partial charge in [-0.2, -0.15) is 9.90 Å². The molecule has 1 aliphatic rings. The van der Waals surface area contributed by atoms with Crippen molar-refractivity contribution in [3.63, 3.8) is 0 Å². The molecule has 6 nitrogen and oxygen atoms in total. The van der Waals surface area contributed by atoms with Crippen molar-refractivity contribution in [1.29, 1.82) is 0 Å². The van der Waals surface area contributed by atoms with Crippen molar-refractivity contribution in [3.05, 3.63) is 47.8 Å². The fourth-order valence-electron chi connectivity index (χ4n) is 3.95. The minimum Gasteiger partial charge on any atom is -0.320 e. The van der Waals surface area contributed by atoms with Crippen molar-refractivity contribution >= 4 is 16.6 Å². The van der Waals surface area contributed by atoms with Gasteiger partial charge in [0.1, 0.15) is 11.0 Å². The van der Waals surface area contributed by atoms with E-state index in [1.807, 2.05) is 42.8 Å². The average Bonchev–Trinajstić information content (AvgIpc) is 3.27. The van der Waals surface area contributed by atoms with Crippen LogP contribution >= 0.6 is 0 Å². The van der Waals surface area contributed by atoms with Crippen molar-refractivity contribution in [2.24, 2.45) is 0 Å². The van der Waals surface area contributed by atoms with Gasteiger partial charge in [-0.15, -0.1) is 5.10 Å². The van der Waals surface area contributed by atoms with E-state index in [4.69, 9.17) is 0 Å². The predicted octanol–water partition coefficient (Wildman–Crippen LogP) is 3.43.